The van der Waals surface area contributed by atoms with E-state index < -0.39 is 5.97 Å². The van der Waals surface area contributed by atoms with Gasteiger partial charge in [0.15, 0.2) is 0 Å². The molecule has 4 heteroatoms. The van der Waals surface area contributed by atoms with Gasteiger partial charge in [0, 0.05) is 0 Å². The predicted octanol–water partition coefficient (Wildman–Crippen LogP) is 1.44. The zero-order valence-corrected chi connectivity index (χ0v) is 10.1. The second-order valence-electron chi connectivity index (χ2n) is 5.27. The normalized spacial score (nSPS) is 38.6. The van der Waals surface area contributed by atoms with Gasteiger partial charge in [-0.1, -0.05) is 18.6 Å². The Morgan fingerprint density at radius 1 is 1.53 bits per heavy atom. The average Bonchev–Trinajstić information content (AvgIpc) is 2.75. The number of carbonyl (C=O) groups is 1. The number of carboxylic acid groups (broad SMARTS) is 1. The molecule has 0 amide bonds. The fourth-order valence-electron chi connectivity index (χ4n) is 3.21. The first-order valence-electron chi connectivity index (χ1n) is 6.23. The standard InChI is InChI=1S/C13H20O4/c1-8-11-5-9(2-3-17-7-13(15)16)4-10(11)6-12(8)14/h2,8,10-12,14H,3-7H2,1H3,(H,15,16)/b9-2+/t8-,10?,11?,12-/m1/s1. The van der Waals surface area contributed by atoms with Gasteiger partial charge in [-0.3, -0.25) is 0 Å². The highest BCUT2D eigenvalue weighted by Gasteiger charge is 2.43. The molecule has 0 saturated heterocycles. The Morgan fingerprint density at radius 3 is 2.94 bits per heavy atom. The molecule has 4 atom stereocenters. The Morgan fingerprint density at radius 2 is 2.29 bits per heavy atom. The summed E-state index contributed by atoms with van der Waals surface area (Å²) >= 11 is 0. The summed E-state index contributed by atoms with van der Waals surface area (Å²) in [6.07, 6.45) is 4.89. The van der Waals surface area contributed by atoms with Crippen molar-refractivity contribution in [1.29, 1.82) is 0 Å². The van der Waals surface area contributed by atoms with Gasteiger partial charge in [-0.25, -0.2) is 4.79 Å². The van der Waals surface area contributed by atoms with Crippen molar-refractivity contribution in [3.8, 4) is 0 Å². The van der Waals surface area contributed by atoms with Crippen LogP contribution in [0.3, 0.4) is 0 Å². The van der Waals surface area contributed by atoms with Crippen molar-refractivity contribution in [3.63, 3.8) is 0 Å². The van der Waals surface area contributed by atoms with E-state index in [-0.39, 0.29) is 12.7 Å². The Bertz CT molecular complexity index is 323. The largest absolute Gasteiger partial charge is 0.480 e. The van der Waals surface area contributed by atoms with Crippen molar-refractivity contribution in [2.45, 2.75) is 32.3 Å². The molecular formula is C13H20O4. The smallest absolute Gasteiger partial charge is 0.329 e. The quantitative estimate of drug-likeness (QED) is 0.576. The summed E-state index contributed by atoms with van der Waals surface area (Å²) in [5, 5.41) is 18.2. The molecule has 0 aliphatic heterocycles. The molecule has 0 bridgehead atoms. The van der Waals surface area contributed by atoms with Gasteiger partial charge in [-0.2, -0.15) is 0 Å². The molecule has 4 nitrogen and oxygen atoms in total. The number of rotatable bonds is 4. The zero-order chi connectivity index (χ0) is 12.4. The summed E-state index contributed by atoms with van der Waals surface area (Å²) in [6.45, 7) is 2.28. The Labute approximate surface area is 101 Å². The molecular weight excluding hydrogens is 220 g/mol. The third kappa shape index (κ3) is 2.87. The van der Waals surface area contributed by atoms with Crippen LogP contribution in [0.5, 0.6) is 0 Å². The van der Waals surface area contributed by atoms with Crippen molar-refractivity contribution in [3.05, 3.63) is 11.6 Å². The van der Waals surface area contributed by atoms with Gasteiger partial charge in [-0.15, -0.1) is 0 Å². The van der Waals surface area contributed by atoms with Crippen LogP contribution in [-0.4, -0.2) is 35.5 Å². The number of aliphatic hydroxyl groups excluding tert-OH is 1. The molecule has 96 valence electrons. The zero-order valence-electron chi connectivity index (χ0n) is 10.1. The van der Waals surface area contributed by atoms with Crippen molar-refractivity contribution >= 4 is 5.97 Å². The highest BCUT2D eigenvalue weighted by atomic mass is 16.5. The third-order valence-electron chi connectivity index (χ3n) is 4.17. The molecule has 0 heterocycles. The lowest BCUT2D eigenvalue weighted by molar-refractivity contribution is -0.141. The molecule has 0 spiro atoms. The SMILES string of the molecule is C[C@@H]1C2C/C(=C/COCC(=O)O)CC2C[C@H]1O. The average molecular weight is 240 g/mol. The van der Waals surface area contributed by atoms with Crippen LogP contribution in [0.15, 0.2) is 11.6 Å². The van der Waals surface area contributed by atoms with E-state index in [1.54, 1.807) is 0 Å². The maximum absolute atomic E-state index is 10.3. The van der Waals surface area contributed by atoms with Crippen molar-refractivity contribution < 1.29 is 19.7 Å². The minimum atomic E-state index is -0.927. The summed E-state index contributed by atoms with van der Waals surface area (Å²) < 4.78 is 5.00. The lowest BCUT2D eigenvalue weighted by Crippen LogP contribution is -2.14. The second-order valence-corrected chi connectivity index (χ2v) is 5.27. The Hall–Kier alpha value is -0.870. The lowest BCUT2D eigenvalue weighted by Gasteiger charge is -2.14. The number of aliphatic hydroxyl groups is 1. The summed E-state index contributed by atoms with van der Waals surface area (Å²) in [5.41, 5.74) is 1.36. The maximum atomic E-state index is 10.3. The van der Waals surface area contributed by atoms with E-state index in [0.717, 1.165) is 19.3 Å². The molecule has 0 aromatic rings. The highest BCUT2D eigenvalue weighted by Crippen LogP contribution is 2.49. The Balaban J connectivity index is 1.79. The summed E-state index contributed by atoms with van der Waals surface area (Å²) in [4.78, 5) is 10.3. The van der Waals surface area contributed by atoms with Crippen LogP contribution in [0.2, 0.25) is 0 Å². The lowest BCUT2D eigenvalue weighted by atomic mass is 9.93. The number of hydrogen-bond donors (Lipinski definition) is 2. The molecule has 17 heavy (non-hydrogen) atoms. The number of carboxylic acids is 1. The number of allylic oxidation sites excluding steroid dienone is 1. The van der Waals surface area contributed by atoms with Crippen molar-refractivity contribution in [2.75, 3.05) is 13.2 Å². The molecule has 2 unspecified atom stereocenters. The molecule has 2 saturated carbocycles. The first kappa shape index (κ1) is 12.6. The highest BCUT2D eigenvalue weighted by molar-refractivity contribution is 5.67. The topological polar surface area (TPSA) is 66.8 Å². The third-order valence-corrected chi connectivity index (χ3v) is 4.17. The molecule has 2 aliphatic carbocycles. The van der Waals surface area contributed by atoms with Gasteiger partial charge >= 0.3 is 5.97 Å². The summed E-state index contributed by atoms with van der Waals surface area (Å²) in [6, 6.07) is 0. The van der Waals surface area contributed by atoms with Gasteiger partial charge in [0.1, 0.15) is 6.61 Å². The van der Waals surface area contributed by atoms with E-state index in [4.69, 9.17) is 9.84 Å². The molecule has 2 fully saturated rings. The van der Waals surface area contributed by atoms with Crippen molar-refractivity contribution in [2.24, 2.45) is 17.8 Å². The van der Waals surface area contributed by atoms with Gasteiger partial charge in [0.25, 0.3) is 0 Å². The van der Waals surface area contributed by atoms with E-state index in [9.17, 15) is 9.90 Å². The monoisotopic (exact) mass is 240 g/mol. The minimum absolute atomic E-state index is 0.130. The first-order chi connectivity index (χ1) is 8.08. The summed E-state index contributed by atoms with van der Waals surface area (Å²) in [7, 11) is 0. The van der Waals surface area contributed by atoms with Crippen LogP contribution < -0.4 is 0 Å². The second kappa shape index (κ2) is 5.19. The maximum Gasteiger partial charge on any atom is 0.329 e. The number of fused-ring (bicyclic) bond motifs is 1. The van der Waals surface area contributed by atoms with Gasteiger partial charge < -0.3 is 14.9 Å². The minimum Gasteiger partial charge on any atom is -0.480 e. The van der Waals surface area contributed by atoms with Crippen LogP contribution in [0, 0.1) is 17.8 Å². The Kier molecular flexibility index (Phi) is 3.84. The van der Waals surface area contributed by atoms with E-state index in [1.165, 1.54) is 5.57 Å². The van der Waals surface area contributed by atoms with Crippen molar-refractivity contribution in [1.82, 2.24) is 0 Å². The number of hydrogen-bond acceptors (Lipinski definition) is 3. The fraction of sp³-hybridized carbons (Fsp3) is 0.769. The molecule has 0 radical (unpaired) electrons. The van der Waals surface area contributed by atoms with E-state index >= 15 is 0 Å². The molecule has 2 N–H and O–H groups in total. The number of ether oxygens (including phenoxy) is 1. The van der Waals surface area contributed by atoms with Gasteiger partial charge in [0.05, 0.1) is 12.7 Å². The van der Waals surface area contributed by atoms with E-state index in [2.05, 4.69) is 6.92 Å². The van der Waals surface area contributed by atoms with Crippen LogP contribution >= 0.6 is 0 Å². The van der Waals surface area contributed by atoms with Gasteiger partial charge in [-0.05, 0) is 37.0 Å². The van der Waals surface area contributed by atoms with Crippen LogP contribution in [0.4, 0.5) is 0 Å². The van der Waals surface area contributed by atoms with Crippen LogP contribution in [-0.2, 0) is 9.53 Å². The fourth-order valence-corrected chi connectivity index (χ4v) is 3.21. The van der Waals surface area contributed by atoms with Crippen LogP contribution in [0.1, 0.15) is 26.2 Å². The van der Waals surface area contributed by atoms with E-state index in [1.807, 2.05) is 6.08 Å². The molecule has 0 aromatic heterocycles. The van der Waals surface area contributed by atoms with E-state index in [0.29, 0.717) is 24.4 Å². The van der Waals surface area contributed by atoms with Gasteiger partial charge in [0.2, 0.25) is 0 Å². The molecule has 2 aliphatic rings. The molecule has 2 rings (SSSR count). The number of aliphatic carboxylic acids is 1. The molecule has 0 aromatic carbocycles. The predicted molar refractivity (Wildman–Crippen MR) is 62.5 cm³/mol. The van der Waals surface area contributed by atoms with Crippen LogP contribution in [0.25, 0.3) is 0 Å². The summed E-state index contributed by atoms with van der Waals surface area (Å²) in [5.74, 6) is 0.690. The first-order valence-corrected chi connectivity index (χ1v) is 6.23.